The van der Waals surface area contributed by atoms with Crippen molar-refractivity contribution in [3.63, 3.8) is 0 Å². The molecule has 1 aliphatic heterocycles. The van der Waals surface area contributed by atoms with Crippen LogP contribution >= 0.6 is 0 Å². The fourth-order valence-corrected chi connectivity index (χ4v) is 5.11. The monoisotopic (exact) mass is 431 g/mol. The number of rotatable bonds is 4. The number of anilines is 1. The molecule has 3 heterocycles. The zero-order valence-corrected chi connectivity index (χ0v) is 19.2. The van der Waals surface area contributed by atoms with Crippen LogP contribution in [0.15, 0.2) is 36.4 Å². The first-order chi connectivity index (χ1) is 15.6. The summed E-state index contributed by atoms with van der Waals surface area (Å²) < 4.78 is 1.96. The molecule has 0 unspecified atom stereocenters. The van der Waals surface area contributed by atoms with Crippen LogP contribution in [0, 0.1) is 19.8 Å². The molecular formula is C26H33N5O. The average Bonchev–Trinajstić information content (AvgIpc) is 3.23. The van der Waals surface area contributed by atoms with Crippen LogP contribution in [-0.2, 0) is 4.79 Å². The molecule has 6 heteroatoms. The maximum Gasteiger partial charge on any atom is 0.223 e. The maximum atomic E-state index is 12.8. The van der Waals surface area contributed by atoms with Gasteiger partial charge in [-0.05, 0) is 39.5 Å². The Balaban J connectivity index is 1.31. The quantitative estimate of drug-likeness (QED) is 0.652. The van der Waals surface area contributed by atoms with Crippen molar-refractivity contribution in [3.8, 4) is 11.3 Å². The second-order valence-electron chi connectivity index (χ2n) is 9.53. The topological polar surface area (TPSA) is 62.5 Å². The van der Waals surface area contributed by atoms with E-state index in [2.05, 4.69) is 53.5 Å². The molecule has 1 aliphatic carbocycles. The number of amides is 1. The number of hydrogen-bond donors (Lipinski definition) is 1. The van der Waals surface area contributed by atoms with Gasteiger partial charge in [-0.1, -0.05) is 49.1 Å². The Kier molecular flexibility index (Phi) is 5.85. The lowest BCUT2D eigenvalue weighted by Gasteiger charge is -2.34. The zero-order chi connectivity index (χ0) is 22.1. The number of piperidine rings is 1. The van der Waals surface area contributed by atoms with Crippen LogP contribution < -0.4 is 10.2 Å². The number of nitrogens with zero attached hydrogens (tertiary/aromatic N) is 4. The molecular weight excluding hydrogens is 398 g/mol. The zero-order valence-electron chi connectivity index (χ0n) is 19.2. The van der Waals surface area contributed by atoms with Crippen LogP contribution in [0.4, 0.5) is 5.82 Å². The van der Waals surface area contributed by atoms with Gasteiger partial charge in [0.05, 0.1) is 5.69 Å². The molecule has 2 aliphatic rings. The van der Waals surface area contributed by atoms with Crippen molar-refractivity contribution in [1.29, 1.82) is 0 Å². The van der Waals surface area contributed by atoms with E-state index in [1.165, 1.54) is 24.8 Å². The largest absolute Gasteiger partial charge is 0.356 e. The number of benzene rings is 1. The lowest BCUT2D eigenvalue weighted by molar-refractivity contribution is -0.126. The third-order valence-corrected chi connectivity index (χ3v) is 7.03. The first kappa shape index (κ1) is 21.0. The van der Waals surface area contributed by atoms with Gasteiger partial charge in [0.25, 0.3) is 0 Å². The van der Waals surface area contributed by atoms with Crippen molar-refractivity contribution in [2.75, 3.05) is 18.0 Å². The summed E-state index contributed by atoms with van der Waals surface area (Å²) in [5.41, 5.74) is 5.13. The Bertz CT molecular complexity index is 1090. The van der Waals surface area contributed by atoms with Gasteiger partial charge in [-0.25, -0.2) is 4.98 Å². The van der Waals surface area contributed by atoms with Crippen LogP contribution in [-0.4, -0.2) is 39.6 Å². The summed E-state index contributed by atoms with van der Waals surface area (Å²) in [7, 11) is 0. The SMILES string of the molecule is Cc1ccc(-c2cc3nc(C)cc(N4CCC(C(=O)NC5CCCCC5)CC4)n3n2)cc1. The van der Waals surface area contributed by atoms with Crippen LogP contribution in [0.3, 0.4) is 0 Å². The van der Waals surface area contributed by atoms with E-state index >= 15 is 0 Å². The van der Waals surface area contributed by atoms with Crippen molar-refractivity contribution in [1.82, 2.24) is 19.9 Å². The molecule has 2 aromatic heterocycles. The molecule has 6 nitrogen and oxygen atoms in total. The molecule has 168 valence electrons. The van der Waals surface area contributed by atoms with Gasteiger partial charge in [-0.3, -0.25) is 4.79 Å². The average molecular weight is 432 g/mol. The van der Waals surface area contributed by atoms with Crippen LogP contribution in [0.1, 0.15) is 56.2 Å². The molecule has 3 aromatic rings. The third kappa shape index (κ3) is 4.36. The van der Waals surface area contributed by atoms with Crippen molar-refractivity contribution in [2.45, 2.75) is 64.8 Å². The first-order valence-electron chi connectivity index (χ1n) is 12.1. The van der Waals surface area contributed by atoms with E-state index in [1.54, 1.807) is 0 Å². The lowest BCUT2D eigenvalue weighted by atomic mass is 9.92. The number of nitrogens with one attached hydrogen (secondary N) is 1. The first-order valence-corrected chi connectivity index (χ1v) is 12.1. The van der Waals surface area contributed by atoms with Gasteiger partial charge in [0.15, 0.2) is 5.65 Å². The van der Waals surface area contributed by atoms with Crippen LogP contribution in [0.25, 0.3) is 16.9 Å². The van der Waals surface area contributed by atoms with Crippen molar-refractivity contribution >= 4 is 17.4 Å². The second kappa shape index (κ2) is 8.93. The van der Waals surface area contributed by atoms with Gasteiger partial charge in [0.1, 0.15) is 5.82 Å². The summed E-state index contributed by atoms with van der Waals surface area (Å²) in [6, 6.07) is 13.0. The summed E-state index contributed by atoms with van der Waals surface area (Å²) in [6.45, 7) is 5.85. The van der Waals surface area contributed by atoms with Gasteiger partial charge in [0.2, 0.25) is 5.91 Å². The predicted octanol–water partition coefficient (Wildman–Crippen LogP) is 4.68. The number of carbonyl (C=O) groups excluding carboxylic acids is 1. The number of carbonyl (C=O) groups is 1. The highest BCUT2D eigenvalue weighted by Crippen LogP contribution is 2.28. The maximum absolute atomic E-state index is 12.8. The minimum atomic E-state index is 0.118. The number of aryl methyl sites for hydroxylation is 2. The summed E-state index contributed by atoms with van der Waals surface area (Å²) in [5, 5.41) is 8.22. The molecule has 1 saturated carbocycles. The summed E-state index contributed by atoms with van der Waals surface area (Å²) in [6.07, 6.45) is 7.85. The highest BCUT2D eigenvalue weighted by molar-refractivity contribution is 5.79. The normalized spacial score (nSPS) is 18.2. The standard InChI is InChI=1S/C26H33N5O/c1-18-8-10-20(11-9-18)23-17-24-27-19(2)16-25(31(24)29-23)30-14-12-21(13-15-30)26(32)28-22-6-4-3-5-7-22/h8-11,16-17,21-22H,3-7,12-15H2,1-2H3,(H,28,32). The van der Waals surface area contributed by atoms with Crippen LogP contribution in [0.5, 0.6) is 0 Å². The Hall–Kier alpha value is -2.89. The molecule has 1 aromatic carbocycles. The van der Waals surface area contributed by atoms with E-state index in [9.17, 15) is 4.79 Å². The number of fused-ring (bicyclic) bond motifs is 1. The predicted molar refractivity (Wildman–Crippen MR) is 128 cm³/mol. The second-order valence-corrected chi connectivity index (χ2v) is 9.53. The minimum Gasteiger partial charge on any atom is -0.356 e. The highest BCUT2D eigenvalue weighted by atomic mass is 16.1. The Labute approximate surface area is 190 Å². The molecule has 0 radical (unpaired) electrons. The number of hydrogen-bond acceptors (Lipinski definition) is 4. The van der Waals surface area contributed by atoms with E-state index in [0.29, 0.717) is 6.04 Å². The molecule has 0 spiro atoms. The molecule has 5 rings (SSSR count). The molecule has 32 heavy (non-hydrogen) atoms. The van der Waals surface area contributed by atoms with Crippen molar-refractivity contribution < 1.29 is 4.79 Å². The van der Waals surface area contributed by atoms with E-state index in [0.717, 1.165) is 67.2 Å². The highest BCUT2D eigenvalue weighted by Gasteiger charge is 2.28. The third-order valence-electron chi connectivity index (χ3n) is 7.03. The number of aromatic nitrogens is 3. The molecule has 0 bridgehead atoms. The molecule has 2 fully saturated rings. The molecule has 1 amide bonds. The van der Waals surface area contributed by atoms with Gasteiger partial charge in [-0.15, -0.1) is 0 Å². The van der Waals surface area contributed by atoms with Gasteiger partial charge >= 0.3 is 0 Å². The van der Waals surface area contributed by atoms with E-state index in [4.69, 9.17) is 10.1 Å². The molecule has 1 N–H and O–H groups in total. The minimum absolute atomic E-state index is 0.118. The van der Waals surface area contributed by atoms with E-state index in [1.807, 2.05) is 11.4 Å². The van der Waals surface area contributed by atoms with Gasteiger partial charge < -0.3 is 10.2 Å². The van der Waals surface area contributed by atoms with Crippen molar-refractivity contribution in [2.24, 2.45) is 5.92 Å². The Morgan fingerprint density at radius 1 is 0.969 bits per heavy atom. The Morgan fingerprint density at radius 3 is 2.41 bits per heavy atom. The van der Waals surface area contributed by atoms with Gasteiger partial charge in [0, 0.05) is 48.4 Å². The fraction of sp³-hybridized carbons (Fsp3) is 0.500. The molecule has 0 atom stereocenters. The van der Waals surface area contributed by atoms with E-state index in [-0.39, 0.29) is 11.8 Å². The Morgan fingerprint density at radius 2 is 1.69 bits per heavy atom. The van der Waals surface area contributed by atoms with Crippen LogP contribution in [0.2, 0.25) is 0 Å². The summed E-state index contributed by atoms with van der Waals surface area (Å²) in [5.74, 6) is 1.44. The van der Waals surface area contributed by atoms with E-state index < -0.39 is 0 Å². The summed E-state index contributed by atoms with van der Waals surface area (Å²) >= 11 is 0. The summed E-state index contributed by atoms with van der Waals surface area (Å²) in [4.78, 5) is 19.9. The van der Waals surface area contributed by atoms with Gasteiger partial charge in [-0.2, -0.15) is 9.61 Å². The fourth-order valence-electron chi connectivity index (χ4n) is 5.11. The molecule has 1 saturated heterocycles. The van der Waals surface area contributed by atoms with Crippen molar-refractivity contribution in [3.05, 3.63) is 47.7 Å². The smallest absolute Gasteiger partial charge is 0.223 e. The lowest BCUT2D eigenvalue weighted by Crippen LogP contribution is -2.44.